The highest BCUT2D eigenvalue weighted by molar-refractivity contribution is 5.83. The van der Waals surface area contributed by atoms with Gasteiger partial charge in [0.1, 0.15) is 11.5 Å². The maximum absolute atomic E-state index is 6.05. The summed E-state index contributed by atoms with van der Waals surface area (Å²) in [5, 5.41) is 2.36. The minimum absolute atomic E-state index is 0.419. The fraction of sp³-hybridized carbons (Fsp3) is 0.167. The Hall–Kier alpha value is -2.39. The standard InChI is InChI=1S/C18H18N2O/c1-12-9-18(17(11-19)13(2)20-12)21-16-8-7-14-5-3-4-6-15(14)10-16/h3-10H,11,19H2,1-2H3. The lowest BCUT2D eigenvalue weighted by atomic mass is 10.1. The van der Waals surface area contributed by atoms with Gasteiger partial charge in [-0.2, -0.15) is 0 Å². The maximum Gasteiger partial charge on any atom is 0.135 e. The molecule has 0 aliphatic carbocycles. The van der Waals surface area contributed by atoms with Crippen molar-refractivity contribution in [1.29, 1.82) is 0 Å². The molecule has 0 unspecified atom stereocenters. The van der Waals surface area contributed by atoms with Crippen LogP contribution in [0.15, 0.2) is 48.5 Å². The molecule has 3 heteroatoms. The molecule has 0 saturated heterocycles. The lowest BCUT2D eigenvalue weighted by Crippen LogP contribution is -2.04. The molecule has 0 aliphatic heterocycles. The fourth-order valence-electron chi connectivity index (χ4n) is 2.52. The Bertz CT molecular complexity index is 796. The van der Waals surface area contributed by atoms with E-state index in [4.69, 9.17) is 10.5 Å². The van der Waals surface area contributed by atoms with Gasteiger partial charge in [0.05, 0.1) is 0 Å². The van der Waals surface area contributed by atoms with E-state index >= 15 is 0 Å². The first-order chi connectivity index (χ1) is 10.2. The summed E-state index contributed by atoms with van der Waals surface area (Å²) in [5.41, 5.74) is 8.63. The van der Waals surface area contributed by atoms with Crippen molar-refractivity contribution in [2.45, 2.75) is 20.4 Å². The fourth-order valence-corrected chi connectivity index (χ4v) is 2.52. The molecule has 0 aliphatic rings. The second-order valence-corrected chi connectivity index (χ2v) is 5.14. The number of benzene rings is 2. The quantitative estimate of drug-likeness (QED) is 0.784. The van der Waals surface area contributed by atoms with Crippen molar-refractivity contribution >= 4 is 10.8 Å². The summed E-state index contributed by atoms with van der Waals surface area (Å²) in [5.74, 6) is 1.60. The summed E-state index contributed by atoms with van der Waals surface area (Å²) in [4.78, 5) is 4.44. The molecule has 0 fully saturated rings. The third-order valence-electron chi connectivity index (χ3n) is 3.57. The number of hydrogen-bond acceptors (Lipinski definition) is 3. The van der Waals surface area contributed by atoms with Crippen molar-refractivity contribution in [3.8, 4) is 11.5 Å². The Balaban J connectivity index is 2.02. The van der Waals surface area contributed by atoms with Crippen molar-refractivity contribution < 1.29 is 4.74 Å². The first kappa shape index (κ1) is 13.6. The van der Waals surface area contributed by atoms with Crippen LogP contribution in [0.25, 0.3) is 10.8 Å². The number of rotatable bonds is 3. The Morgan fingerprint density at radius 3 is 2.52 bits per heavy atom. The van der Waals surface area contributed by atoms with Crippen LogP contribution in [-0.2, 0) is 6.54 Å². The molecule has 106 valence electrons. The SMILES string of the molecule is Cc1cc(Oc2ccc3ccccc3c2)c(CN)c(C)n1. The van der Waals surface area contributed by atoms with Crippen LogP contribution in [0.1, 0.15) is 17.0 Å². The molecule has 21 heavy (non-hydrogen) atoms. The molecule has 2 N–H and O–H groups in total. The lowest BCUT2D eigenvalue weighted by Gasteiger charge is -2.13. The Kier molecular flexibility index (Phi) is 3.59. The molecular weight excluding hydrogens is 260 g/mol. The zero-order chi connectivity index (χ0) is 14.8. The minimum atomic E-state index is 0.419. The molecule has 1 heterocycles. The average molecular weight is 278 g/mol. The van der Waals surface area contributed by atoms with Gasteiger partial charge < -0.3 is 10.5 Å². The highest BCUT2D eigenvalue weighted by atomic mass is 16.5. The van der Waals surface area contributed by atoms with E-state index in [0.29, 0.717) is 6.54 Å². The first-order valence-corrected chi connectivity index (χ1v) is 7.01. The van der Waals surface area contributed by atoms with Crippen LogP contribution in [0.5, 0.6) is 11.5 Å². The highest BCUT2D eigenvalue weighted by Gasteiger charge is 2.09. The first-order valence-electron chi connectivity index (χ1n) is 7.01. The maximum atomic E-state index is 6.05. The molecule has 0 radical (unpaired) electrons. The highest BCUT2D eigenvalue weighted by Crippen LogP contribution is 2.29. The predicted octanol–water partition coefficient (Wildman–Crippen LogP) is 4.10. The van der Waals surface area contributed by atoms with Gasteiger partial charge in [-0.25, -0.2) is 0 Å². The Morgan fingerprint density at radius 2 is 1.76 bits per heavy atom. The summed E-state index contributed by atoms with van der Waals surface area (Å²) in [6.07, 6.45) is 0. The molecule has 0 amide bonds. The van der Waals surface area contributed by atoms with Gasteiger partial charge in [0.15, 0.2) is 0 Å². The predicted molar refractivity (Wildman–Crippen MR) is 85.6 cm³/mol. The topological polar surface area (TPSA) is 48.1 Å². The lowest BCUT2D eigenvalue weighted by molar-refractivity contribution is 0.474. The van der Waals surface area contributed by atoms with Gasteiger partial charge in [-0.3, -0.25) is 4.98 Å². The van der Waals surface area contributed by atoms with Crippen molar-refractivity contribution in [2.24, 2.45) is 5.73 Å². The summed E-state index contributed by atoms with van der Waals surface area (Å²) >= 11 is 0. The van der Waals surface area contributed by atoms with Gasteiger partial charge in [0.25, 0.3) is 0 Å². The van der Waals surface area contributed by atoms with Crippen molar-refractivity contribution in [3.05, 3.63) is 65.5 Å². The summed E-state index contributed by atoms with van der Waals surface area (Å²) in [7, 11) is 0. The monoisotopic (exact) mass is 278 g/mol. The summed E-state index contributed by atoms with van der Waals surface area (Å²) in [6, 6.07) is 16.2. The second kappa shape index (κ2) is 5.54. The van der Waals surface area contributed by atoms with Gasteiger partial charge in [-0.1, -0.05) is 30.3 Å². The van der Waals surface area contributed by atoms with E-state index in [1.54, 1.807) is 0 Å². The van der Waals surface area contributed by atoms with Gasteiger partial charge in [-0.05, 0) is 36.8 Å². The largest absolute Gasteiger partial charge is 0.457 e. The van der Waals surface area contributed by atoms with Crippen molar-refractivity contribution in [3.63, 3.8) is 0 Å². The van der Waals surface area contributed by atoms with E-state index < -0.39 is 0 Å². The number of pyridine rings is 1. The molecule has 1 aromatic heterocycles. The van der Waals surface area contributed by atoms with Crippen LogP contribution in [0.2, 0.25) is 0 Å². The number of nitrogens with zero attached hydrogens (tertiary/aromatic N) is 1. The molecule has 3 rings (SSSR count). The molecule has 0 spiro atoms. The van der Waals surface area contributed by atoms with Crippen molar-refractivity contribution in [1.82, 2.24) is 4.98 Å². The van der Waals surface area contributed by atoms with Gasteiger partial charge in [-0.15, -0.1) is 0 Å². The van der Waals surface area contributed by atoms with Crippen LogP contribution < -0.4 is 10.5 Å². The third-order valence-corrected chi connectivity index (χ3v) is 3.57. The molecule has 0 atom stereocenters. The van der Waals surface area contributed by atoms with E-state index in [9.17, 15) is 0 Å². The number of fused-ring (bicyclic) bond motifs is 1. The van der Waals surface area contributed by atoms with E-state index in [2.05, 4.69) is 23.2 Å². The van der Waals surface area contributed by atoms with Crippen LogP contribution in [0.4, 0.5) is 0 Å². The van der Waals surface area contributed by atoms with E-state index in [1.165, 1.54) is 5.39 Å². The average Bonchev–Trinajstić information content (AvgIpc) is 2.47. The molecule has 3 aromatic rings. The number of ether oxygens (including phenoxy) is 1. The third kappa shape index (κ3) is 2.73. The number of nitrogens with two attached hydrogens (primary N) is 1. The van der Waals surface area contributed by atoms with Crippen LogP contribution in [0.3, 0.4) is 0 Å². The number of hydrogen-bond donors (Lipinski definition) is 1. The number of aromatic nitrogens is 1. The van der Waals surface area contributed by atoms with Crippen molar-refractivity contribution in [2.75, 3.05) is 0 Å². The van der Waals surface area contributed by atoms with Gasteiger partial charge in [0.2, 0.25) is 0 Å². The number of aryl methyl sites for hydroxylation is 2. The van der Waals surface area contributed by atoms with Gasteiger partial charge in [0, 0.05) is 29.6 Å². The van der Waals surface area contributed by atoms with E-state index in [1.807, 2.05) is 44.2 Å². The molecule has 0 bridgehead atoms. The van der Waals surface area contributed by atoms with Gasteiger partial charge >= 0.3 is 0 Å². The molecule has 3 nitrogen and oxygen atoms in total. The minimum Gasteiger partial charge on any atom is -0.457 e. The Morgan fingerprint density at radius 1 is 1.00 bits per heavy atom. The molecule has 0 saturated carbocycles. The smallest absolute Gasteiger partial charge is 0.135 e. The molecular formula is C18H18N2O. The van der Waals surface area contributed by atoms with E-state index in [0.717, 1.165) is 33.8 Å². The summed E-state index contributed by atoms with van der Waals surface area (Å²) < 4.78 is 6.05. The second-order valence-electron chi connectivity index (χ2n) is 5.14. The zero-order valence-electron chi connectivity index (χ0n) is 12.3. The van der Waals surface area contributed by atoms with Crippen LogP contribution in [-0.4, -0.2) is 4.98 Å². The summed E-state index contributed by atoms with van der Waals surface area (Å²) in [6.45, 7) is 4.34. The normalized spacial score (nSPS) is 10.8. The van der Waals surface area contributed by atoms with Crippen LogP contribution in [0, 0.1) is 13.8 Å². The Labute approximate surface area is 124 Å². The molecule has 2 aromatic carbocycles. The zero-order valence-corrected chi connectivity index (χ0v) is 12.3. The van der Waals surface area contributed by atoms with E-state index in [-0.39, 0.29) is 0 Å². The van der Waals surface area contributed by atoms with Crippen LogP contribution >= 0.6 is 0 Å².